The topological polar surface area (TPSA) is 69.7 Å². The molecule has 3 rings (SSSR count). The summed E-state index contributed by atoms with van der Waals surface area (Å²) in [5.41, 5.74) is -0.482. The van der Waals surface area contributed by atoms with Gasteiger partial charge in [-0.1, -0.05) is 49.5 Å². The molecule has 0 aliphatic carbocycles. The molecule has 1 N–H and O–H groups in total. The van der Waals surface area contributed by atoms with E-state index < -0.39 is 15.7 Å². The number of rotatable bonds is 5. The number of hydrogen-bond acceptors (Lipinski definition) is 4. The largest absolute Gasteiger partial charge is 0.323 e. The first-order valence-corrected chi connectivity index (χ1v) is 11.9. The van der Waals surface area contributed by atoms with Gasteiger partial charge in [0.25, 0.3) is 0 Å². The van der Waals surface area contributed by atoms with Gasteiger partial charge >= 0.3 is 0 Å². The molecule has 156 valence electrons. The molecule has 2 atom stereocenters. The van der Waals surface area contributed by atoms with E-state index in [9.17, 15) is 13.2 Å². The number of piperidine rings is 1. The van der Waals surface area contributed by atoms with Crippen molar-refractivity contribution in [1.29, 1.82) is 0 Å². The molecule has 2 aliphatic rings. The Morgan fingerprint density at radius 2 is 1.89 bits per heavy atom. The van der Waals surface area contributed by atoms with Crippen LogP contribution in [0, 0.1) is 5.92 Å². The van der Waals surface area contributed by atoms with Gasteiger partial charge in [0.1, 0.15) is 4.90 Å². The molecule has 1 aromatic carbocycles. The molecular formula is C19H27Cl2N3O3S. The minimum absolute atomic E-state index is 0.0258. The van der Waals surface area contributed by atoms with Crippen LogP contribution in [0.15, 0.2) is 23.1 Å². The molecule has 0 radical (unpaired) electrons. The molecule has 1 spiro atoms. The minimum Gasteiger partial charge on any atom is -0.323 e. The summed E-state index contributed by atoms with van der Waals surface area (Å²) in [5, 5.41) is 3.81. The molecule has 2 saturated heterocycles. The maximum Gasteiger partial charge on any atom is 0.244 e. The second kappa shape index (κ2) is 8.11. The SMILES string of the molecule is CC[C@@H](C)[C@@H]1NC2(CCN(S(=O)(=O)c3cccc(Cl)c3Cl)CC2)N(CC)C1=O. The average Bonchev–Trinajstić information content (AvgIpc) is 2.94. The Balaban J connectivity index is 1.82. The van der Waals surface area contributed by atoms with Crippen LogP contribution in [0.25, 0.3) is 0 Å². The third-order valence-corrected chi connectivity index (χ3v) is 8.96. The number of hydrogen-bond donors (Lipinski definition) is 1. The molecule has 1 amide bonds. The standard InChI is InChI=1S/C19H27Cl2N3O3S/c1-4-13(3)17-18(25)24(5-2)19(22-17)9-11-23(12-10-19)28(26,27)15-8-6-7-14(20)16(15)21/h6-8,13,17,22H,4-5,9-12H2,1-3H3/t13-,17+/m1/s1. The smallest absolute Gasteiger partial charge is 0.244 e. The molecule has 0 saturated carbocycles. The predicted molar refractivity (Wildman–Crippen MR) is 111 cm³/mol. The summed E-state index contributed by atoms with van der Waals surface area (Å²) in [6, 6.07) is 4.41. The highest BCUT2D eigenvalue weighted by Crippen LogP contribution is 2.37. The second-order valence-electron chi connectivity index (χ2n) is 7.58. The summed E-state index contributed by atoms with van der Waals surface area (Å²) in [5.74, 6) is 0.346. The molecule has 2 fully saturated rings. The number of nitrogens with one attached hydrogen (secondary N) is 1. The van der Waals surface area contributed by atoms with Crippen molar-refractivity contribution in [3.05, 3.63) is 28.2 Å². The molecule has 2 aliphatic heterocycles. The Morgan fingerprint density at radius 3 is 2.46 bits per heavy atom. The average molecular weight is 448 g/mol. The van der Waals surface area contributed by atoms with Gasteiger partial charge in [-0.15, -0.1) is 0 Å². The lowest BCUT2D eigenvalue weighted by Gasteiger charge is -2.44. The highest BCUT2D eigenvalue weighted by Gasteiger charge is 2.52. The summed E-state index contributed by atoms with van der Waals surface area (Å²) in [6.45, 7) is 7.35. The molecule has 6 nitrogen and oxygen atoms in total. The Labute approximate surface area is 177 Å². The normalized spacial score (nSPS) is 24.1. The number of carbonyl (C=O) groups is 1. The zero-order valence-electron chi connectivity index (χ0n) is 16.4. The number of benzene rings is 1. The van der Waals surface area contributed by atoms with Gasteiger partial charge in [-0.25, -0.2) is 8.42 Å². The maximum absolute atomic E-state index is 13.1. The van der Waals surface area contributed by atoms with Crippen molar-refractivity contribution >= 4 is 39.1 Å². The zero-order chi connectivity index (χ0) is 20.7. The Bertz CT molecular complexity index is 854. The second-order valence-corrected chi connectivity index (χ2v) is 10.3. The van der Waals surface area contributed by atoms with Gasteiger partial charge in [0.15, 0.2) is 0 Å². The van der Waals surface area contributed by atoms with Gasteiger partial charge in [-0.05, 0) is 37.8 Å². The van der Waals surface area contributed by atoms with Gasteiger partial charge in [-0.2, -0.15) is 4.31 Å². The lowest BCUT2D eigenvalue weighted by molar-refractivity contribution is -0.133. The molecule has 0 bridgehead atoms. The first-order chi connectivity index (χ1) is 13.2. The van der Waals surface area contributed by atoms with E-state index >= 15 is 0 Å². The molecule has 28 heavy (non-hydrogen) atoms. The van der Waals surface area contributed by atoms with Crippen LogP contribution in [0.1, 0.15) is 40.0 Å². The first-order valence-electron chi connectivity index (χ1n) is 9.71. The van der Waals surface area contributed by atoms with Crippen LogP contribution < -0.4 is 5.32 Å². The first kappa shape index (κ1) is 21.8. The highest BCUT2D eigenvalue weighted by atomic mass is 35.5. The van der Waals surface area contributed by atoms with Gasteiger partial charge in [-0.3, -0.25) is 10.1 Å². The number of sulfonamides is 1. The fraction of sp³-hybridized carbons (Fsp3) is 0.632. The summed E-state index contributed by atoms with van der Waals surface area (Å²) in [4.78, 5) is 14.8. The Hall–Kier alpha value is -0.860. The lowest BCUT2D eigenvalue weighted by atomic mass is 9.96. The Kier molecular flexibility index (Phi) is 6.32. The number of likely N-dealkylation sites (N-methyl/N-ethyl adjacent to an activating group) is 1. The monoisotopic (exact) mass is 447 g/mol. The molecule has 0 unspecified atom stereocenters. The van der Waals surface area contributed by atoms with E-state index in [1.807, 2.05) is 11.8 Å². The van der Waals surface area contributed by atoms with Crippen LogP contribution in [-0.4, -0.2) is 54.9 Å². The van der Waals surface area contributed by atoms with Gasteiger partial charge in [0.05, 0.1) is 21.7 Å². The van der Waals surface area contributed by atoms with E-state index in [2.05, 4.69) is 19.2 Å². The number of halogens is 2. The molecular weight excluding hydrogens is 421 g/mol. The van der Waals surface area contributed by atoms with E-state index in [1.54, 1.807) is 12.1 Å². The minimum atomic E-state index is -3.75. The lowest BCUT2D eigenvalue weighted by Crippen LogP contribution is -2.59. The summed E-state index contributed by atoms with van der Waals surface area (Å²) in [6.07, 6.45) is 1.98. The van der Waals surface area contributed by atoms with Crippen molar-refractivity contribution in [2.45, 2.75) is 56.6 Å². The molecule has 9 heteroatoms. The quantitative estimate of drug-likeness (QED) is 0.750. The van der Waals surface area contributed by atoms with E-state index in [0.29, 0.717) is 32.5 Å². The summed E-state index contributed by atoms with van der Waals surface area (Å²) in [7, 11) is -3.75. The third kappa shape index (κ3) is 3.56. The van der Waals surface area contributed by atoms with Crippen LogP contribution in [0.4, 0.5) is 0 Å². The van der Waals surface area contributed by atoms with E-state index in [1.165, 1.54) is 10.4 Å². The fourth-order valence-electron chi connectivity index (χ4n) is 4.22. The van der Waals surface area contributed by atoms with Gasteiger partial charge in [0.2, 0.25) is 15.9 Å². The zero-order valence-corrected chi connectivity index (χ0v) is 18.7. The maximum atomic E-state index is 13.1. The van der Waals surface area contributed by atoms with Crippen LogP contribution in [0.3, 0.4) is 0 Å². The summed E-state index contributed by atoms with van der Waals surface area (Å²) < 4.78 is 27.6. The predicted octanol–water partition coefficient (Wildman–Crippen LogP) is 3.34. The van der Waals surface area contributed by atoms with Crippen LogP contribution in [-0.2, 0) is 14.8 Å². The molecule has 0 aromatic heterocycles. The van der Waals surface area contributed by atoms with E-state index in [4.69, 9.17) is 23.2 Å². The van der Waals surface area contributed by atoms with Crippen molar-refractivity contribution in [1.82, 2.24) is 14.5 Å². The van der Waals surface area contributed by atoms with Crippen LogP contribution >= 0.6 is 23.2 Å². The van der Waals surface area contributed by atoms with Crippen LogP contribution in [0.2, 0.25) is 10.0 Å². The van der Waals surface area contributed by atoms with Gasteiger partial charge < -0.3 is 4.90 Å². The van der Waals surface area contributed by atoms with E-state index in [-0.39, 0.29) is 32.8 Å². The van der Waals surface area contributed by atoms with Gasteiger partial charge in [0, 0.05) is 19.6 Å². The van der Waals surface area contributed by atoms with Crippen molar-refractivity contribution in [3.8, 4) is 0 Å². The number of carbonyl (C=O) groups excluding carboxylic acids is 1. The molecule has 2 heterocycles. The Morgan fingerprint density at radius 1 is 1.25 bits per heavy atom. The van der Waals surface area contributed by atoms with Crippen molar-refractivity contribution in [2.24, 2.45) is 5.92 Å². The highest BCUT2D eigenvalue weighted by molar-refractivity contribution is 7.89. The molecule has 1 aromatic rings. The number of nitrogens with zero attached hydrogens (tertiary/aromatic N) is 2. The van der Waals surface area contributed by atoms with Crippen molar-refractivity contribution in [2.75, 3.05) is 19.6 Å². The van der Waals surface area contributed by atoms with Crippen molar-refractivity contribution in [3.63, 3.8) is 0 Å². The van der Waals surface area contributed by atoms with Crippen molar-refractivity contribution < 1.29 is 13.2 Å². The van der Waals surface area contributed by atoms with E-state index in [0.717, 1.165) is 6.42 Å². The number of amides is 1. The summed E-state index contributed by atoms with van der Waals surface area (Å²) >= 11 is 12.2. The van der Waals surface area contributed by atoms with Crippen LogP contribution in [0.5, 0.6) is 0 Å². The third-order valence-electron chi connectivity index (χ3n) is 6.09. The fourth-order valence-corrected chi connectivity index (χ4v) is 6.40.